The number of carbonyl (C=O) groups is 1. The summed E-state index contributed by atoms with van der Waals surface area (Å²) in [7, 11) is 0. The molecule has 1 aromatic rings. The van der Waals surface area contributed by atoms with Gasteiger partial charge in [-0.25, -0.2) is 8.78 Å². The molecule has 1 heterocycles. The lowest BCUT2D eigenvalue weighted by Crippen LogP contribution is -2.35. The number of hydrogen-bond donors (Lipinski definition) is 0. The van der Waals surface area contributed by atoms with Gasteiger partial charge in [-0.2, -0.15) is 0 Å². The molecule has 0 atom stereocenters. The summed E-state index contributed by atoms with van der Waals surface area (Å²) in [5, 5.41) is 0. The van der Waals surface area contributed by atoms with Gasteiger partial charge in [0, 0.05) is 32.7 Å². The molecule has 0 aromatic heterocycles. The molecule has 5 heteroatoms. The van der Waals surface area contributed by atoms with Gasteiger partial charge in [-0.05, 0) is 31.5 Å². The Labute approximate surface area is 123 Å². The maximum absolute atomic E-state index is 13.7. The Bertz CT molecular complexity index is 531. The van der Waals surface area contributed by atoms with Gasteiger partial charge < -0.3 is 4.90 Å². The van der Waals surface area contributed by atoms with Crippen molar-refractivity contribution in [2.75, 3.05) is 32.7 Å². The number of nitrogens with zero attached hydrogens (tertiary/aromatic N) is 2. The number of amides is 1. The van der Waals surface area contributed by atoms with E-state index in [2.05, 4.69) is 11.0 Å². The number of allylic oxidation sites excluding steroid dienone is 1. The van der Waals surface area contributed by atoms with E-state index < -0.39 is 17.5 Å². The smallest absolute Gasteiger partial charge is 0.256 e. The van der Waals surface area contributed by atoms with Crippen LogP contribution in [0.1, 0.15) is 23.7 Å². The highest BCUT2D eigenvalue weighted by Gasteiger charge is 2.22. The lowest BCUT2D eigenvalue weighted by atomic mass is 10.1. The molecular weight excluding hydrogens is 274 g/mol. The molecular formula is C16H20F2N2O. The van der Waals surface area contributed by atoms with Crippen molar-refractivity contribution >= 4 is 5.91 Å². The molecule has 0 radical (unpaired) electrons. The van der Waals surface area contributed by atoms with Crippen LogP contribution in [-0.2, 0) is 0 Å². The van der Waals surface area contributed by atoms with Crippen molar-refractivity contribution in [1.82, 2.24) is 9.80 Å². The highest BCUT2D eigenvalue weighted by Crippen LogP contribution is 2.14. The van der Waals surface area contributed by atoms with Crippen LogP contribution in [0.25, 0.3) is 0 Å². The molecule has 3 nitrogen and oxygen atoms in total. The lowest BCUT2D eigenvalue weighted by Gasteiger charge is -2.21. The second-order valence-electron chi connectivity index (χ2n) is 5.14. The Hall–Kier alpha value is -1.75. The van der Waals surface area contributed by atoms with Gasteiger partial charge in [0.15, 0.2) is 0 Å². The number of halogens is 2. The van der Waals surface area contributed by atoms with Gasteiger partial charge in [0.05, 0.1) is 5.56 Å². The first-order chi connectivity index (χ1) is 10.1. The fraction of sp³-hybridized carbons (Fsp3) is 0.438. The Balaban J connectivity index is 2.04. The molecule has 1 aliphatic rings. The van der Waals surface area contributed by atoms with E-state index in [1.165, 1.54) is 0 Å². The molecule has 114 valence electrons. The Kier molecular flexibility index (Phi) is 5.44. The van der Waals surface area contributed by atoms with Crippen LogP contribution in [0.4, 0.5) is 8.78 Å². The van der Waals surface area contributed by atoms with Crippen molar-refractivity contribution in [3.63, 3.8) is 0 Å². The summed E-state index contributed by atoms with van der Waals surface area (Å²) < 4.78 is 26.9. The molecule has 2 rings (SSSR count). The van der Waals surface area contributed by atoms with Crippen molar-refractivity contribution in [2.24, 2.45) is 0 Å². The van der Waals surface area contributed by atoms with Crippen LogP contribution >= 0.6 is 0 Å². The van der Waals surface area contributed by atoms with E-state index in [0.717, 1.165) is 44.3 Å². The monoisotopic (exact) mass is 294 g/mol. The number of rotatable bonds is 3. The van der Waals surface area contributed by atoms with E-state index >= 15 is 0 Å². The average Bonchev–Trinajstić information content (AvgIpc) is 2.72. The summed E-state index contributed by atoms with van der Waals surface area (Å²) >= 11 is 0. The molecule has 0 aliphatic carbocycles. The summed E-state index contributed by atoms with van der Waals surface area (Å²) in [5.41, 5.74) is -0.183. The highest BCUT2D eigenvalue weighted by molar-refractivity contribution is 5.94. The third-order valence-electron chi connectivity index (χ3n) is 3.63. The predicted octanol–water partition coefficient (Wildman–Crippen LogP) is 2.69. The van der Waals surface area contributed by atoms with Crippen LogP contribution in [0.2, 0.25) is 0 Å². The molecule has 1 saturated heterocycles. The average molecular weight is 294 g/mol. The first-order valence-electron chi connectivity index (χ1n) is 7.19. The van der Waals surface area contributed by atoms with Crippen molar-refractivity contribution in [3.05, 3.63) is 47.5 Å². The summed E-state index contributed by atoms with van der Waals surface area (Å²) in [6, 6.07) is 2.99. The zero-order valence-corrected chi connectivity index (χ0v) is 12.2. The molecule has 1 amide bonds. The standard InChI is InChI=1S/C16H20F2N2O/c1-2-3-7-19-8-4-9-20(11-10-19)16(21)14-12-13(17)5-6-15(14)18/h2-3,5-6,12H,4,7-11H2,1H3. The molecule has 0 bridgehead atoms. The van der Waals surface area contributed by atoms with Gasteiger partial charge in [0.25, 0.3) is 5.91 Å². The lowest BCUT2D eigenvalue weighted by molar-refractivity contribution is 0.0757. The van der Waals surface area contributed by atoms with Crippen LogP contribution < -0.4 is 0 Å². The topological polar surface area (TPSA) is 23.6 Å². The molecule has 1 aromatic carbocycles. The van der Waals surface area contributed by atoms with Gasteiger partial charge in [-0.15, -0.1) is 0 Å². The van der Waals surface area contributed by atoms with Gasteiger partial charge in [-0.1, -0.05) is 12.2 Å². The largest absolute Gasteiger partial charge is 0.337 e. The second-order valence-corrected chi connectivity index (χ2v) is 5.14. The summed E-state index contributed by atoms with van der Waals surface area (Å²) in [6.07, 6.45) is 4.90. The minimum atomic E-state index is -0.670. The molecule has 0 spiro atoms. The van der Waals surface area contributed by atoms with Crippen molar-refractivity contribution < 1.29 is 13.6 Å². The van der Waals surface area contributed by atoms with Crippen LogP contribution in [0.3, 0.4) is 0 Å². The van der Waals surface area contributed by atoms with Gasteiger partial charge in [0.2, 0.25) is 0 Å². The minimum absolute atomic E-state index is 0.183. The second kappa shape index (κ2) is 7.31. The normalized spacial score (nSPS) is 17.2. The third kappa shape index (κ3) is 4.11. The van der Waals surface area contributed by atoms with Crippen molar-refractivity contribution in [3.8, 4) is 0 Å². The van der Waals surface area contributed by atoms with Gasteiger partial charge in [-0.3, -0.25) is 9.69 Å². The van der Waals surface area contributed by atoms with Crippen LogP contribution in [0.5, 0.6) is 0 Å². The van der Waals surface area contributed by atoms with Crippen LogP contribution in [-0.4, -0.2) is 48.4 Å². The van der Waals surface area contributed by atoms with E-state index in [-0.39, 0.29) is 5.56 Å². The summed E-state index contributed by atoms with van der Waals surface area (Å²) in [5.74, 6) is -1.69. The van der Waals surface area contributed by atoms with E-state index in [9.17, 15) is 13.6 Å². The third-order valence-corrected chi connectivity index (χ3v) is 3.63. The SMILES string of the molecule is CC=CCN1CCCN(C(=O)c2cc(F)ccc2F)CC1. The zero-order chi connectivity index (χ0) is 15.2. The summed E-state index contributed by atoms with van der Waals surface area (Å²) in [4.78, 5) is 16.2. The minimum Gasteiger partial charge on any atom is -0.337 e. The first-order valence-corrected chi connectivity index (χ1v) is 7.19. The number of hydrogen-bond acceptors (Lipinski definition) is 2. The maximum atomic E-state index is 13.7. The Morgan fingerprint density at radius 1 is 1.24 bits per heavy atom. The van der Waals surface area contributed by atoms with E-state index in [1.807, 2.05) is 13.0 Å². The maximum Gasteiger partial charge on any atom is 0.256 e. The van der Waals surface area contributed by atoms with Gasteiger partial charge in [0.1, 0.15) is 11.6 Å². The van der Waals surface area contributed by atoms with E-state index in [0.29, 0.717) is 13.1 Å². The fourth-order valence-electron chi connectivity index (χ4n) is 2.44. The van der Waals surface area contributed by atoms with E-state index in [4.69, 9.17) is 0 Å². The molecule has 1 aliphatic heterocycles. The summed E-state index contributed by atoms with van der Waals surface area (Å²) in [6.45, 7) is 5.58. The number of carbonyl (C=O) groups excluding carboxylic acids is 1. The highest BCUT2D eigenvalue weighted by atomic mass is 19.1. The Morgan fingerprint density at radius 3 is 2.81 bits per heavy atom. The van der Waals surface area contributed by atoms with Crippen LogP contribution in [0, 0.1) is 11.6 Å². The molecule has 0 N–H and O–H groups in total. The van der Waals surface area contributed by atoms with E-state index in [1.54, 1.807) is 4.90 Å². The van der Waals surface area contributed by atoms with Gasteiger partial charge >= 0.3 is 0 Å². The van der Waals surface area contributed by atoms with Crippen LogP contribution in [0.15, 0.2) is 30.4 Å². The fourth-order valence-corrected chi connectivity index (χ4v) is 2.44. The zero-order valence-electron chi connectivity index (χ0n) is 12.2. The van der Waals surface area contributed by atoms with Crippen molar-refractivity contribution in [2.45, 2.75) is 13.3 Å². The number of benzene rings is 1. The van der Waals surface area contributed by atoms with Crippen molar-refractivity contribution in [1.29, 1.82) is 0 Å². The first kappa shape index (κ1) is 15.6. The molecule has 0 unspecified atom stereocenters. The predicted molar refractivity (Wildman–Crippen MR) is 78.1 cm³/mol. The molecule has 1 fully saturated rings. The molecule has 21 heavy (non-hydrogen) atoms. The molecule has 0 saturated carbocycles. The Morgan fingerprint density at radius 2 is 2.05 bits per heavy atom. The quantitative estimate of drug-likeness (QED) is 0.800.